The predicted octanol–water partition coefficient (Wildman–Crippen LogP) is 2.91. The predicted molar refractivity (Wildman–Crippen MR) is 77.6 cm³/mol. The van der Waals surface area contributed by atoms with Crippen LogP contribution in [0.5, 0.6) is 0 Å². The van der Waals surface area contributed by atoms with Crippen LogP contribution in [0.25, 0.3) is 0 Å². The third-order valence-corrected chi connectivity index (χ3v) is 5.12. The van der Waals surface area contributed by atoms with E-state index in [-0.39, 0.29) is 0 Å². The molecule has 0 aromatic carbocycles. The Balaban J connectivity index is 2.29. The van der Waals surface area contributed by atoms with Crippen molar-refractivity contribution in [2.45, 2.75) is 53.0 Å². The molecule has 2 N–H and O–H groups in total. The highest BCUT2D eigenvalue weighted by atomic mass is 32.2. The van der Waals surface area contributed by atoms with Gasteiger partial charge in [0.1, 0.15) is 0 Å². The summed E-state index contributed by atoms with van der Waals surface area (Å²) in [6.45, 7) is 10.7. The van der Waals surface area contributed by atoms with Crippen LogP contribution >= 0.6 is 11.8 Å². The van der Waals surface area contributed by atoms with Gasteiger partial charge in [-0.05, 0) is 35.8 Å². The minimum absolute atomic E-state index is 0.301. The summed E-state index contributed by atoms with van der Waals surface area (Å²) in [5.41, 5.74) is 0.783. The molecule has 1 unspecified atom stereocenters. The first-order valence-corrected chi connectivity index (χ1v) is 7.92. The lowest BCUT2D eigenvalue weighted by Gasteiger charge is -2.37. The van der Waals surface area contributed by atoms with Crippen LogP contribution in [-0.4, -0.2) is 35.8 Å². The Labute approximate surface area is 111 Å². The second-order valence-corrected chi connectivity index (χ2v) is 7.98. The van der Waals surface area contributed by atoms with E-state index in [4.69, 9.17) is 5.11 Å². The van der Waals surface area contributed by atoms with Crippen LogP contribution < -0.4 is 5.32 Å². The molecule has 0 bridgehead atoms. The molecule has 1 rings (SSSR count). The van der Waals surface area contributed by atoms with Gasteiger partial charge in [-0.25, -0.2) is 0 Å². The van der Waals surface area contributed by atoms with E-state index in [0.717, 1.165) is 19.4 Å². The summed E-state index contributed by atoms with van der Waals surface area (Å²) >= 11 is 2.08. The molecule has 1 atom stereocenters. The number of aliphatic hydroxyl groups is 1. The van der Waals surface area contributed by atoms with Gasteiger partial charge in [-0.1, -0.05) is 27.7 Å². The summed E-state index contributed by atoms with van der Waals surface area (Å²) in [6, 6.07) is 0.664. The Morgan fingerprint density at radius 3 is 2.71 bits per heavy atom. The number of aliphatic hydroxyl groups excluding tert-OH is 1. The average Bonchev–Trinajstić information content (AvgIpc) is 2.23. The Morgan fingerprint density at radius 1 is 1.41 bits per heavy atom. The zero-order valence-corrected chi connectivity index (χ0v) is 12.7. The molecule has 0 amide bonds. The third kappa shape index (κ3) is 6.12. The topological polar surface area (TPSA) is 32.3 Å². The molecule has 0 spiro atoms. The van der Waals surface area contributed by atoms with Crippen molar-refractivity contribution in [1.82, 2.24) is 5.32 Å². The molecule has 0 aromatic rings. The van der Waals surface area contributed by atoms with Gasteiger partial charge in [0.25, 0.3) is 0 Å². The van der Waals surface area contributed by atoms with E-state index in [1.807, 2.05) is 0 Å². The number of rotatable bonds is 6. The molecule has 0 radical (unpaired) electrons. The normalized spacial score (nSPS) is 24.9. The van der Waals surface area contributed by atoms with Gasteiger partial charge in [0.15, 0.2) is 0 Å². The summed E-state index contributed by atoms with van der Waals surface area (Å²) < 4.78 is 0. The van der Waals surface area contributed by atoms with Crippen LogP contribution in [0, 0.1) is 10.8 Å². The highest BCUT2D eigenvalue weighted by Crippen LogP contribution is 2.33. The summed E-state index contributed by atoms with van der Waals surface area (Å²) in [5, 5.41) is 12.6. The van der Waals surface area contributed by atoms with Gasteiger partial charge < -0.3 is 10.4 Å². The van der Waals surface area contributed by atoms with Crippen molar-refractivity contribution < 1.29 is 5.11 Å². The van der Waals surface area contributed by atoms with Crippen LogP contribution in [0.15, 0.2) is 0 Å². The monoisotopic (exact) mass is 259 g/mol. The Morgan fingerprint density at radius 2 is 2.12 bits per heavy atom. The molecule has 1 aliphatic heterocycles. The molecule has 17 heavy (non-hydrogen) atoms. The first-order valence-electron chi connectivity index (χ1n) is 6.77. The Hall–Kier alpha value is 0.270. The smallest absolute Gasteiger partial charge is 0.0431 e. The fraction of sp³-hybridized carbons (Fsp3) is 1.00. The highest BCUT2D eigenvalue weighted by molar-refractivity contribution is 7.99. The molecule has 0 saturated carbocycles. The fourth-order valence-corrected chi connectivity index (χ4v) is 3.77. The largest absolute Gasteiger partial charge is 0.396 e. The van der Waals surface area contributed by atoms with E-state index in [0.29, 0.717) is 23.5 Å². The quantitative estimate of drug-likeness (QED) is 0.769. The maximum atomic E-state index is 8.89. The Bertz CT molecular complexity index is 228. The van der Waals surface area contributed by atoms with Crippen LogP contribution in [0.4, 0.5) is 0 Å². The van der Waals surface area contributed by atoms with E-state index in [1.165, 1.54) is 17.9 Å². The molecule has 3 heteroatoms. The molecule has 1 heterocycles. The first-order chi connectivity index (χ1) is 7.85. The fourth-order valence-electron chi connectivity index (χ4n) is 2.46. The number of nitrogens with one attached hydrogen (secondary N) is 1. The summed E-state index contributed by atoms with van der Waals surface area (Å²) in [7, 11) is 0. The van der Waals surface area contributed by atoms with Crippen LogP contribution in [-0.2, 0) is 0 Å². The molecule has 1 aliphatic rings. The van der Waals surface area contributed by atoms with E-state index in [1.54, 1.807) is 0 Å². The number of hydrogen-bond donors (Lipinski definition) is 2. The zero-order chi connectivity index (χ0) is 12.9. The molecule has 1 saturated heterocycles. The van der Waals surface area contributed by atoms with Gasteiger partial charge in [0.05, 0.1) is 0 Å². The lowest BCUT2D eigenvalue weighted by molar-refractivity contribution is 0.224. The van der Waals surface area contributed by atoms with Crippen LogP contribution in [0.3, 0.4) is 0 Å². The maximum absolute atomic E-state index is 8.89. The van der Waals surface area contributed by atoms with Crippen molar-refractivity contribution in [2.24, 2.45) is 10.8 Å². The second-order valence-electron chi connectivity index (χ2n) is 6.95. The van der Waals surface area contributed by atoms with E-state index in [2.05, 4.69) is 44.8 Å². The summed E-state index contributed by atoms with van der Waals surface area (Å²) in [4.78, 5) is 0. The van der Waals surface area contributed by atoms with Gasteiger partial charge in [-0.3, -0.25) is 0 Å². The molecular weight excluding hydrogens is 230 g/mol. The van der Waals surface area contributed by atoms with E-state index >= 15 is 0 Å². The standard InChI is InChI=1S/C14H29NOS/c1-13(2,6-5-7-16)10-15-12-8-14(3,4)11-17-9-12/h12,15-16H,5-11H2,1-4H3. The molecule has 0 aliphatic carbocycles. The zero-order valence-electron chi connectivity index (χ0n) is 11.9. The molecule has 2 nitrogen and oxygen atoms in total. The minimum atomic E-state index is 0.301. The van der Waals surface area contributed by atoms with Gasteiger partial charge in [0, 0.05) is 24.9 Å². The van der Waals surface area contributed by atoms with E-state index < -0.39 is 0 Å². The molecule has 102 valence electrons. The number of thioether (sulfide) groups is 1. The average molecular weight is 259 g/mol. The molecule has 0 aromatic heterocycles. The highest BCUT2D eigenvalue weighted by Gasteiger charge is 2.29. The first kappa shape index (κ1) is 15.3. The lowest BCUT2D eigenvalue weighted by Crippen LogP contribution is -2.44. The third-order valence-electron chi connectivity index (χ3n) is 3.49. The summed E-state index contributed by atoms with van der Waals surface area (Å²) in [6.07, 6.45) is 3.30. The van der Waals surface area contributed by atoms with Crippen molar-refractivity contribution in [3.8, 4) is 0 Å². The van der Waals surface area contributed by atoms with E-state index in [9.17, 15) is 0 Å². The molecule has 1 fully saturated rings. The van der Waals surface area contributed by atoms with Crippen LogP contribution in [0.1, 0.15) is 47.0 Å². The van der Waals surface area contributed by atoms with Gasteiger partial charge in [-0.15, -0.1) is 0 Å². The summed E-state index contributed by atoms with van der Waals surface area (Å²) in [5.74, 6) is 2.54. The van der Waals surface area contributed by atoms with Gasteiger partial charge in [0.2, 0.25) is 0 Å². The molecular formula is C14H29NOS. The van der Waals surface area contributed by atoms with Crippen LogP contribution in [0.2, 0.25) is 0 Å². The number of hydrogen-bond acceptors (Lipinski definition) is 3. The van der Waals surface area contributed by atoms with Crippen molar-refractivity contribution in [1.29, 1.82) is 0 Å². The van der Waals surface area contributed by atoms with Gasteiger partial charge in [-0.2, -0.15) is 11.8 Å². The van der Waals surface area contributed by atoms with Crippen molar-refractivity contribution in [2.75, 3.05) is 24.7 Å². The van der Waals surface area contributed by atoms with Crippen molar-refractivity contribution in [3.05, 3.63) is 0 Å². The maximum Gasteiger partial charge on any atom is 0.0431 e. The minimum Gasteiger partial charge on any atom is -0.396 e. The van der Waals surface area contributed by atoms with Crippen molar-refractivity contribution >= 4 is 11.8 Å². The Kier molecular flexibility index (Phi) is 5.81. The van der Waals surface area contributed by atoms with Crippen molar-refractivity contribution in [3.63, 3.8) is 0 Å². The lowest BCUT2D eigenvalue weighted by atomic mass is 9.85. The second kappa shape index (κ2) is 6.44. The SMILES string of the molecule is CC(C)(CCCO)CNC1CSCC(C)(C)C1. The van der Waals surface area contributed by atoms with Gasteiger partial charge >= 0.3 is 0 Å².